The Balaban J connectivity index is 0.00000320. The molecule has 0 aliphatic carbocycles. The molecule has 0 fully saturated rings. The first kappa shape index (κ1) is 23.4. The van der Waals surface area contributed by atoms with Crippen LogP contribution in [-0.2, 0) is 16.4 Å². The van der Waals surface area contributed by atoms with Gasteiger partial charge in [-0.05, 0) is 51.0 Å². The van der Waals surface area contributed by atoms with Gasteiger partial charge in [-0.1, -0.05) is 35.9 Å². The number of benzene rings is 2. The molecule has 3 rings (SSSR count). The van der Waals surface area contributed by atoms with Crippen LogP contribution in [0.25, 0.3) is 0 Å². The van der Waals surface area contributed by atoms with Crippen LogP contribution in [0, 0.1) is 13.8 Å². The van der Waals surface area contributed by atoms with E-state index < -0.39 is 10.0 Å². The third kappa shape index (κ3) is 5.20. The van der Waals surface area contributed by atoms with Crippen molar-refractivity contribution in [2.75, 3.05) is 22.3 Å². The number of rotatable bonds is 7. The molecule has 0 atom stereocenters. The molecule has 0 bridgehead atoms. The molecule has 7 nitrogen and oxygen atoms in total. The number of nitrogens with zero attached hydrogens (tertiary/aromatic N) is 3. The highest BCUT2D eigenvalue weighted by molar-refractivity contribution is 7.92. The minimum atomic E-state index is -3.70. The molecule has 0 aliphatic heterocycles. The van der Waals surface area contributed by atoms with Gasteiger partial charge in [-0.15, -0.1) is 12.4 Å². The molecule has 0 saturated carbocycles. The molecule has 30 heavy (non-hydrogen) atoms. The summed E-state index contributed by atoms with van der Waals surface area (Å²) in [4.78, 5) is 8.42. The van der Waals surface area contributed by atoms with Crippen LogP contribution in [0.5, 0.6) is 0 Å². The van der Waals surface area contributed by atoms with Gasteiger partial charge >= 0.3 is 0 Å². The standard InChI is InChI=1S/C21H25N5O2S.ClH/c1-15-10-12-18(13-11-15)29(27,28)26(17-7-4-3-5-8-17)14-6-9-19-16(2)24-21(23)25-20(19)22;/h3-5,7-8,10-13H,6,9,14H2,1-2H3,(H4,22,23,24,25);1H. The number of halogens is 1. The van der Waals surface area contributed by atoms with Crippen molar-refractivity contribution < 1.29 is 8.42 Å². The molecule has 0 aliphatic rings. The van der Waals surface area contributed by atoms with Crippen molar-refractivity contribution in [2.45, 2.75) is 31.6 Å². The van der Waals surface area contributed by atoms with Crippen molar-refractivity contribution in [3.05, 3.63) is 71.4 Å². The van der Waals surface area contributed by atoms with Crippen LogP contribution in [0.3, 0.4) is 0 Å². The van der Waals surface area contributed by atoms with Crippen LogP contribution in [0.4, 0.5) is 17.5 Å². The lowest BCUT2D eigenvalue weighted by Crippen LogP contribution is -2.32. The Kier molecular flexibility index (Phi) is 7.64. The molecule has 0 amide bonds. The highest BCUT2D eigenvalue weighted by Gasteiger charge is 2.24. The number of para-hydroxylation sites is 1. The summed E-state index contributed by atoms with van der Waals surface area (Å²) in [7, 11) is -3.70. The number of hydrogen-bond acceptors (Lipinski definition) is 6. The summed E-state index contributed by atoms with van der Waals surface area (Å²) in [6, 6.07) is 15.9. The highest BCUT2D eigenvalue weighted by Crippen LogP contribution is 2.25. The lowest BCUT2D eigenvalue weighted by Gasteiger charge is -2.25. The Morgan fingerprint density at radius 3 is 2.17 bits per heavy atom. The van der Waals surface area contributed by atoms with Gasteiger partial charge < -0.3 is 11.5 Å². The third-order valence-electron chi connectivity index (χ3n) is 4.70. The van der Waals surface area contributed by atoms with Crippen molar-refractivity contribution in [3.63, 3.8) is 0 Å². The van der Waals surface area contributed by atoms with Crippen molar-refractivity contribution in [2.24, 2.45) is 0 Å². The maximum absolute atomic E-state index is 13.3. The van der Waals surface area contributed by atoms with E-state index in [1.807, 2.05) is 32.0 Å². The minimum Gasteiger partial charge on any atom is -0.383 e. The van der Waals surface area contributed by atoms with Crippen molar-refractivity contribution in [3.8, 4) is 0 Å². The SMILES string of the molecule is Cc1ccc(S(=O)(=O)N(CCCc2c(C)nc(N)nc2N)c2ccccc2)cc1.Cl. The predicted molar refractivity (Wildman–Crippen MR) is 123 cm³/mol. The highest BCUT2D eigenvalue weighted by atomic mass is 35.5. The average Bonchev–Trinajstić information content (AvgIpc) is 2.67. The summed E-state index contributed by atoms with van der Waals surface area (Å²) < 4.78 is 28.1. The van der Waals surface area contributed by atoms with Gasteiger partial charge in [0.2, 0.25) is 5.95 Å². The normalized spacial score (nSPS) is 11.0. The van der Waals surface area contributed by atoms with Gasteiger partial charge in [-0.3, -0.25) is 4.31 Å². The second kappa shape index (κ2) is 9.77. The third-order valence-corrected chi connectivity index (χ3v) is 6.55. The van der Waals surface area contributed by atoms with Gasteiger partial charge in [-0.2, -0.15) is 4.98 Å². The van der Waals surface area contributed by atoms with E-state index >= 15 is 0 Å². The van der Waals surface area contributed by atoms with E-state index in [0.29, 0.717) is 36.6 Å². The molecular weight excluding hydrogens is 422 g/mol. The molecule has 9 heteroatoms. The van der Waals surface area contributed by atoms with E-state index in [4.69, 9.17) is 11.5 Å². The van der Waals surface area contributed by atoms with Crippen molar-refractivity contribution in [1.29, 1.82) is 0 Å². The van der Waals surface area contributed by atoms with E-state index in [2.05, 4.69) is 9.97 Å². The van der Waals surface area contributed by atoms with E-state index in [1.165, 1.54) is 4.31 Å². The number of nitrogen functional groups attached to an aromatic ring is 2. The van der Waals surface area contributed by atoms with Crippen LogP contribution < -0.4 is 15.8 Å². The second-order valence-electron chi connectivity index (χ2n) is 6.86. The maximum Gasteiger partial charge on any atom is 0.264 e. The fraction of sp³-hybridized carbons (Fsp3) is 0.238. The van der Waals surface area contributed by atoms with Gasteiger partial charge in [0.05, 0.1) is 10.6 Å². The Hall–Kier alpha value is -2.84. The van der Waals surface area contributed by atoms with Gasteiger partial charge in [0.25, 0.3) is 10.0 Å². The van der Waals surface area contributed by atoms with Crippen LogP contribution >= 0.6 is 12.4 Å². The Morgan fingerprint density at radius 1 is 0.933 bits per heavy atom. The smallest absolute Gasteiger partial charge is 0.264 e. The van der Waals surface area contributed by atoms with Crippen molar-refractivity contribution in [1.82, 2.24) is 9.97 Å². The zero-order valence-corrected chi connectivity index (χ0v) is 18.6. The number of aromatic nitrogens is 2. The minimum absolute atomic E-state index is 0. The van der Waals surface area contributed by atoms with Crippen LogP contribution in [0.1, 0.15) is 23.2 Å². The average molecular weight is 448 g/mol. The molecule has 3 aromatic rings. The summed E-state index contributed by atoms with van der Waals surface area (Å²) in [5, 5.41) is 0. The lowest BCUT2D eigenvalue weighted by atomic mass is 10.1. The zero-order valence-electron chi connectivity index (χ0n) is 16.9. The van der Waals surface area contributed by atoms with Gasteiger partial charge in [0.15, 0.2) is 0 Å². The largest absolute Gasteiger partial charge is 0.383 e. The van der Waals surface area contributed by atoms with E-state index in [9.17, 15) is 8.42 Å². The molecule has 1 heterocycles. The molecule has 0 spiro atoms. The fourth-order valence-corrected chi connectivity index (χ4v) is 4.67. The molecular formula is C21H26ClN5O2S. The number of anilines is 3. The van der Waals surface area contributed by atoms with Gasteiger partial charge in [-0.25, -0.2) is 13.4 Å². The quantitative estimate of drug-likeness (QED) is 0.572. The number of aryl methyl sites for hydroxylation is 2. The maximum atomic E-state index is 13.3. The Labute approximate surface area is 183 Å². The molecule has 2 aromatic carbocycles. The monoisotopic (exact) mass is 447 g/mol. The molecule has 0 radical (unpaired) electrons. The second-order valence-corrected chi connectivity index (χ2v) is 8.72. The summed E-state index contributed by atoms with van der Waals surface area (Å²) in [6.07, 6.45) is 1.10. The molecule has 160 valence electrons. The summed E-state index contributed by atoms with van der Waals surface area (Å²) in [6.45, 7) is 4.04. The first-order chi connectivity index (χ1) is 13.8. The fourth-order valence-electron chi connectivity index (χ4n) is 3.17. The topological polar surface area (TPSA) is 115 Å². The van der Waals surface area contributed by atoms with Gasteiger partial charge in [0, 0.05) is 17.8 Å². The van der Waals surface area contributed by atoms with Crippen LogP contribution in [-0.4, -0.2) is 24.9 Å². The summed E-state index contributed by atoms with van der Waals surface area (Å²) >= 11 is 0. The number of nitrogens with two attached hydrogens (primary N) is 2. The summed E-state index contributed by atoms with van der Waals surface area (Å²) in [5.74, 6) is 0.472. The predicted octanol–water partition coefficient (Wildman–Crippen LogP) is 3.51. The molecule has 1 aromatic heterocycles. The Morgan fingerprint density at radius 2 is 1.57 bits per heavy atom. The van der Waals surface area contributed by atoms with E-state index in [1.54, 1.807) is 36.4 Å². The number of sulfonamides is 1. The molecule has 0 unspecified atom stereocenters. The van der Waals surface area contributed by atoms with Crippen LogP contribution in [0.15, 0.2) is 59.5 Å². The first-order valence-corrected chi connectivity index (χ1v) is 10.8. The van der Waals surface area contributed by atoms with E-state index in [-0.39, 0.29) is 23.3 Å². The Bertz CT molecular complexity index is 1070. The molecule has 4 N–H and O–H groups in total. The van der Waals surface area contributed by atoms with E-state index in [0.717, 1.165) is 11.1 Å². The lowest BCUT2D eigenvalue weighted by molar-refractivity contribution is 0.589. The summed E-state index contributed by atoms with van der Waals surface area (Å²) in [5.41, 5.74) is 14.7. The molecule has 0 saturated heterocycles. The first-order valence-electron chi connectivity index (χ1n) is 9.32. The zero-order chi connectivity index (χ0) is 21.0. The van der Waals surface area contributed by atoms with Crippen LogP contribution in [0.2, 0.25) is 0 Å². The van der Waals surface area contributed by atoms with Gasteiger partial charge in [0.1, 0.15) is 5.82 Å². The van der Waals surface area contributed by atoms with Crippen molar-refractivity contribution >= 4 is 39.9 Å². The number of hydrogen-bond donors (Lipinski definition) is 2.